The van der Waals surface area contributed by atoms with Gasteiger partial charge in [0.25, 0.3) is 0 Å². The number of thiol groups is 1. The lowest BCUT2D eigenvalue weighted by molar-refractivity contribution is -0.150. The minimum absolute atomic E-state index is 0.0290. The van der Waals surface area contributed by atoms with Crippen LogP contribution in [0, 0.1) is 0 Å². The highest BCUT2D eigenvalue weighted by Gasteiger charge is 2.38. The van der Waals surface area contributed by atoms with E-state index in [0.29, 0.717) is 12.8 Å². The zero-order chi connectivity index (χ0) is 16.9. The number of carboxylic acids is 2. The lowest BCUT2D eigenvalue weighted by atomic mass is 10.1. The van der Waals surface area contributed by atoms with E-state index in [0.717, 1.165) is 4.90 Å². The summed E-state index contributed by atoms with van der Waals surface area (Å²) in [5, 5.41) is 20.2. The van der Waals surface area contributed by atoms with Crippen LogP contribution in [0.5, 0.6) is 0 Å². The Morgan fingerprint density at radius 2 is 1.95 bits per heavy atom. The monoisotopic (exact) mass is 333 g/mol. The molecule has 0 spiro atoms. The van der Waals surface area contributed by atoms with Gasteiger partial charge in [0, 0.05) is 12.3 Å². The topological polar surface area (TPSA) is 150 Å². The van der Waals surface area contributed by atoms with Gasteiger partial charge in [-0.15, -0.1) is 0 Å². The fourth-order valence-electron chi connectivity index (χ4n) is 2.22. The molecular formula is C12H19N3O6S. The summed E-state index contributed by atoms with van der Waals surface area (Å²) in [6.07, 6.45) is 0.157. The summed E-state index contributed by atoms with van der Waals surface area (Å²) in [7, 11) is 0. The Morgan fingerprint density at radius 3 is 2.45 bits per heavy atom. The largest absolute Gasteiger partial charge is 0.481 e. The molecule has 124 valence electrons. The van der Waals surface area contributed by atoms with Gasteiger partial charge in [-0.1, -0.05) is 0 Å². The van der Waals surface area contributed by atoms with Crippen LogP contribution in [0.2, 0.25) is 0 Å². The average Bonchev–Trinajstić information content (AvgIpc) is 2.93. The van der Waals surface area contributed by atoms with Gasteiger partial charge >= 0.3 is 11.9 Å². The van der Waals surface area contributed by atoms with Gasteiger partial charge < -0.3 is 26.2 Å². The van der Waals surface area contributed by atoms with Gasteiger partial charge in [-0.2, -0.15) is 12.6 Å². The Bertz CT molecular complexity index is 472. The van der Waals surface area contributed by atoms with Gasteiger partial charge in [-0.3, -0.25) is 14.4 Å². The van der Waals surface area contributed by atoms with Crippen molar-refractivity contribution in [3.63, 3.8) is 0 Å². The number of carbonyl (C=O) groups excluding carboxylic acids is 2. The van der Waals surface area contributed by atoms with Gasteiger partial charge in [0.15, 0.2) is 0 Å². The van der Waals surface area contributed by atoms with Crippen molar-refractivity contribution in [1.82, 2.24) is 10.2 Å². The third-order valence-electron chi connectivity index (χ3n) is 3.35. The second kappa shape index (κ2) is 7.99. The molecule has 1 aliphatic rings. The van der Waals surface area contributed by atoms with Crippen LogP contribution < -0.4 is 11.1 Å². The van der Waals surface area contributed by atoms with E-state index in [1.54, 1.807) is 0 Å². The normalized spacial score (nSPS) is 20.3. The highest BCUT2D eigenvalue weighted by molar-refractivity contribution is 7.80. The van der Waals surface area contributed by atoms with Crippen LogP contribution in [0.4, 0.5) is 0 Å². The second-order valence-corrected chi connectivity index (χ2v) is 5.34. The molecule has 2 amide bonds. The maximum Gasteiger partial charge on any atom is 0.326 e. The molecule has 0 saturated carbocycles. The third kappa shape index (κ3) is 4.60. The summed E-state index contributed by atoms with van der Waals surface area (Å²) in [5.41, 5.74) is 5.47. The smallest absolute Gasteiger partial charge is 0.326 e. The fraction of sp³-hybridized carbons (Fsp3) is 0.667. The number of carboxylic acid groups (broad SMARTS) is 2. The van der Waals surface area contributed by atoms with E-state index in [1.807, 2.05) is 0 Å². The molecule has 5 N–H and O–H groups in total. The third-order valence-corrected chi connectivity index (χ3v) is 3.74. The summed E-state index contributed by atoms with van der Waals surface area (Å²) >= 11 is 3.85. The van der Waals surface area contributed by atoms with Crippen molar-refractivity contribution in [2.45, 2.75) is 37.4 Å². The maximum atomic E-state index is 12.4. The summed E-state index contributed by atoms with van der Waals surface area (Å²) in [4.78, 5) is 47.2. The van der Waals surface area contributed by atoms with Crippen LogP contribution in [0.3, 0.4) is 0 Å². The molecule has 3 atom stereocenters. The van der Waals surface area contributed by atoms with E-state index < -0.39 is 48.3 Å². The Balaban J connectivity index is 2.86. The second-order valence-electron chi connectivity index (χ2n) is 4.98. The number of carbonyl (C=O) groups is 4. The van der Waals surface area contributed by atoms with Crippen LogP contribution in [0.15, 0.2) is 0 Å². The van der Waals surface area contributed by atoms with Crippen LogP contribution in [0.1, 0.15) is 19.3 Å². The van der Waals surface area contributed by atoms with Crippen molar-refractivity contribution in [2.24, 2.45) is 5.73 Å². The number of nitrogens with two attached hydrogens (primary N) is 1. The van der Waals surface area contributed by atoms with E-state index in [-0.39, 0.29) is 12.3 Å². The van der Waals surface area contributed by atoms with Gasteiger partial charge in [-0.25, -0.2) is 4.79 Å². The van der Waals surface area contributed by atoms with Gasteiger partial charge in [-0.05, 0) is 12.8 Å². The number of aliphatic carboxylic acids is 2. The molecule has 1 heterocycles. The molecule has 0 aromatic heterocycles. The Hall–Kier alpha value is -1.81. The number of rotatable bonds is 7. The molecule has 0 radical (unpaired) electrons. The summed E-state index contributed by atoms with van der Waals surface area (Å²) in [5.74, 6) is -3.85. The molecule has 1 saturated heterocycles. The zero-order valence-electron chi connectivity index (χ0n) is 11.8. The van der Waals surface area contributed by atoms with Gasteiger partial charge in [0.2, 0.25) is 11.8 Å². The minimum Gasteiger partial charge on any atom is -0.481 e. The number of hydrogen-bond acceptors (Lipinski definition) is 6. The SMILES string of the molecule is NC(CS)C(=O)NC(CC(=O)O)C(=O)N1CCCC1C(=O)O. The van der Waals surface area contributed by atoms with Crippen molar-refractivity contribution in [3.8, 4) is 0 Å². The highest BCUT2D eigenvalue weighted by Crippen LogP contribution is 2.19. The average molecular weight is 333 g/mol. The van der Waals surface area contributed by atoms with E-state index in [9.17, 15) is 19.2 Å². The Kier molecular flexibility index (Phi) is 6.62. The lowest BCUT2D eigenvalue weighted by Crippen LogP contribution is -2.55. The van der Waals surface area contributed by atoms with Crippen molar-refractivity contribution >= 4 is 36.4 Å². The zero-order valence-corrected chi connectivity index (χ0v) is 12.7. The van der Waals surface area contributed by atoms with Crippen molar-refractivity contribution in [3.05, 3.63) is 0 Å². The molecule has 1 fully saturated rings. The lowest BCUT2D eigenvalue weighted by Gasteiger charge is -2.27. The van der Waals surface area contributed by atoms with Gasteiger partial charge in [0.05, 0.1) is 12.5 Å². The first kappa shape index (κ1) is 18.2. The molecular weight excluding hydrogens is 314 g/mol. The molecule has 3 unspecified atom stereocenters. The van der Waals surface area contributed by atoms with E-state index in [1.165, 1.54) is 0 Å². The number of likely N-dealkylation sites (tertiary alicyclic amines) is 1. The Morgan fingerprint density at radius 1 is 1.32 bits per heavy atom. The first-order chi connectivity index (χ1) is 10.3. The maximum absolute atomic E-state index is 12.4. The molecule has 1 aliphatic heterocycles. The van der Waals surface area contributed by atoms with Crippen LogP contribution in [-0.2, 0) is 19.2 Å². The Labute approximate surface area is 132 Å². The standard InChI is InChI=1S/C12H19N3O6S/c13-6(5-22)10(18)14-7(4-9(16)17)11(19)15-3-1-2-8(15)12(20)21/h6-8,22H,1-5,13H2,(H,14,18)(H,16,17)(H,20,21). The van der Waals surface area contributed by atoms with E-state index in [4.69, 9.17) is 15.9 Å². The predicted octanol–water partition coefficient (Wildman–Crippen LogP) is -1.72. The predicted molar refractivity (Wildman–Crippen MR) is 78.4 cm³/mol. The van der Waals surface area contributed by atoms with Crippen molar-refractivity contribution in [1.29, 1.82) is 0 Å². The number of nitrogens with zero attached hydrogens (tertiary/aromatic N) is 1. The van der Waals surface area contributed by atoms with Crippen molar-refractivity contribution < 1.29 is 29.4 Å². The van der Waals surface area contributed by atoms with E-state index in [2.05, 4.69) is 17.9 Å². The summed E-state index contributed by atoms with van der Waals surface area (Å²) in [6.45, 7) is 0.209. The molecule has 9 nitrogen and oxygen atoms in total. The van der Waals surface area contributed by atoms with Crippen LogP contribution >= 0.6 is 12.6 Å². The molecule has 0 bridgehead atoms. The highest BCUT2D eigenvalue weighted by atomic mass is 32.1. The summed E-state index contributed by atoms with van der Waals surface area (Å²) in [6, 6.07) is -3.34. The first-order valence-electron chi connectivity index (χ1n) is 6.69. The molecule has 22 heavy (non-hydrogen) atoms. The number of amides is 2. The first-order valence-corrected chi connectivity index (χ1v) is 7.33. The molecule has 0 aromatic carbocycles. The number of nitrogens with one attached hydrogen (secondary N) is 1. The fourth-order valence-corrected chi connectivity index (χ4v) is 2.39. The van der Waals surface area contributed by atoms with Crippen molar-refractivity contribution in [2.75, 3.05) is 12.3 Å². The molecule has 0 aliphatic carbocycles. The molecule has 10 heteroatoms. The molecule has 1 rings (SSSR count). The quantitative estimate of drug-likeness (QED) is 0.348. The van der Waals surface area contributed by atoms with Gasteiger partial charge in [0.1, 0.15) is 12.1 Å². The molecule has 0 aromatic rings. The van der Waals surface area contributed by atoms with Crippen LogP contribution in [0.25, 0.3) is 0 Å². The van der Waals surface area contributed by atoms with E-state index >= 15 is 0 Å². The van der Waals surface area contributed by atoms with Crippen LogP contribution in [-0.4, -0.2) is 69.3 Å². The minimum atomic E-state index is -1.35. The summed E-state index contributed by atoms with van der Waals surface area (Å²) < 4.78 is 0. The number of hydrogen-bond donors (Lipinski definition) is 5.